The van der Waals surface area contributed by atoms with E-state index in [1.165, 1.54) is 6.07 Å². The van der Waals surface area contributed by atoms with Gasteiger partial charge in [0.1, 0.15) is 6.61 Å². The Balaban J connectivity index is 1.16. The van der Waals surface area contributed by atoms with Gasteiger partial charge in [-0.3, -0.25) is 15.2 Å². The zero-order valence-electron chi connectivity index (χ0n) is 18.0. The van der Waals surface area contributed by atoms with Crippen molar-refractivity contribution in [1.82, 2.24) is 25.7 Å². The zero-order valence-corrected chi connectivity index (χ0v) is 18.0. The van der Waals surface area contributed by atoms with E-state index in [1.807, 2.05) is 48.5 Å². The number of fused-ring (bicyclic) bond motifs is 3. The Morgan fingerprint density at radius 3 is 2.40 bits per heavy atom. The normalized spacial score (nSPS) is 12.0. The molecule has 2 aromatic carbocycles. The van der Waals surface area contributed by atoms with Gasteiger partial charge in [-0.15, -0.1) is 5.10 Å². The summed E-state index contributed by atoms with van der Waals surface area (Å²) in [5, 5.41) is 23.2. The molecule has 4 N–H and O–H groups in total. The molecule has 0 aliphatic heterocycles. The highest BCUT2D eigenvalue weighted by Crippen LogP contribution is 2.44. The van der Waals surface area contributed by atoms with Crippen molar-refractivity contribution in [3.8, 4) is 11.1 Å². The van der Waals surface area contributed by atoms with Crippen LogP contribution in [0.1, 0.15) is 43.9 Å². The molecule has 5 rings (SSSR count). The highest BCUT2D eigenvalue weighted by molar-refractivity contribution is 5.91. The second-order valence-corrected chi connectivity index (χ2v) is 7.62. The summed E-state index contributed by atoms with van der Waals surface area (Å²) < 4.78 is 10.2. The summed E-state index contributed by atoms with van der Waals surface area (Å²) in [6, 6.07) is 17.2. The van der Waals surface area contributed by atoms with Gasteiger partial charge < -0.3 is 19.7 Å². The van der Waals surface area contributed by atoms with Crippen LogP contribution in [0.4, 0.5) is 10.7 Å². The Kier molecular flexibility index (Phi) is 5.67. The van der Waals surface area contributed by atoms with E-state index in [9.17, 15) is 14.4 Å². The average molecular weight is 474 g/mol. The van der Waals surface area contributed by atoms with Crippen LogP contribution in [0, 0.1) is 0 Å². The molecule has 0 bridgehead atoms. The maximum atomic E-state index is 12.3. The van der Waals surface area contributed by atoms with Gasteiger partial charge >= 0.3 is 12.1 Å². The topological polar surface area (TPSA) is 172 Å². The first kappa shape index (κ1) is 21.8. The lowest BCUT2D eigenvalue weighted by Crippen LogP contribution is -2.24. The number of aromatic carboxylic acids is 1. The molecule has 4 aromatic rings. The minimum absolute atomic E-state index is 0.0978. The van der Waals surface area contributed by atoms with Gasteiger partial charge in [0.05, 0.1) is 6.54 Å². The first-order valence-electron chi connectivity index (χ1n) is 10.5. The highest BCUT2D eigenvalue weighted by Gasteiger charge is 2.29. The summed E-state index contributed by atoms with van der Waals surface area (Å²) in [5.41, 5.74) is 4.13. The molecule has 1 aliphatic carbocycles. The molecule has 0 atom stereocenters. The van der Waals surface area contributed by atoms with Crippen molar-refractivity contribution in [3.63, 3.8) is 0 Å². The Morgan fingerprint density at radius 2 is 1.74 bits per heavy atom. The SMILES string of the molecule is O=C(Nc1n[nH]c(C(=O)NCc2cc(C(=O)O)no2)n1)OCC1c2ccccc2-c2ccccc21. The first-order chi connectivity index (χ1) is 17.0. The average Bonchev–Trinajstić information content (AvgIpc) is 3.59. The molecule has 0 saturated heterocycles. The van der Waals surface area contributed by atoms with E-state index in [0.29, 0.717) is 0 Å². The first-order valence-corrected chi connectivity index (χ1v) is 10.5. The Labute approximate surface area is 197 Å². The fourth-order valence-electron chi connectivity index (χ4n) is 3.89. The van der Waals surface area contributed by atoms with Crippen molar-refractivity contribution in [1.29, 1.82) is 0 Å². The van der Waals surface area contributed by atoms with Gasteiger partial charge in [-0.25, -0.2) is 9.59 Å². The van der Waals surface area contributed by atoms with Crippen molar-refractivity contribution in [2.75, 3.05) is 11.9 Å². The van der Waals surface area contributed by atoms with E-state index in [0.717, 1.165) is 22.3 Å². The number of rotatable bonds is 7. The maximum absolute atomic E-state index is 12.3. The zero-order chi connectivity index (χ0) is 24.4. The van der Waals surface area contributed by atoms with E-state index in [4.69, 9.17) is 14.4 Å². The van der Waals surface area contributed by atoms with Gasteiger partial charge in [0.15, 0.2) is 11.5 Å². The van der Waals surface area contributed by atoms with E-state index < -0.39 is 18.0 Å². The second-order valence-electron chi connectivity index (χ2n) is 7.62. The van der Waals surface area contributed by atoms with Crippen LogP contribution in [0.5, 0.6) is 0 Å². The number of hydrogen-bond donors (Lipinski definition) is 4. The Morgan fingerprint density at radius 1 is 1.06 bits per heavy atom. The predicted octanol–water partition coefficient (Wildman–Crippen LogP) is 2.78. The predicted molar refractivity (Wildman–Crippen MR) is 120 cm³/mol. The lowest BCUT2D eigenvalue weighted by molar-refractivity contribution is 0.0685. The molecule has 0 spiro atoms. The molecule has 35 heavy (non-hydrogen) atoms. The fraction of sp³-hybridized carbons (Fsp3) is 0.130. The smallest absolute Gasteiger partial charge is 0.414 e. The summed E-state index contributed by atoms with van der Waals surface area (Å²) in [6.45, 7) is 0.00208. The number of nitrogens with zero attached hydrogens (tertiary/aromatic N) is 3. The number of aromatic amines is 1. The van der Waals surface area contributed by atoms with Gasteiger partial charge in [-0.2, -0.15) is 4.98 Å². The molecule has 12 nitrogen and oxygen atoms in total. The number of carboxylic acids is 1. The molecule has 0 fully saturated rings. The molecule has 2 heterocycles. The summed E-state index contributed by atoms with van der Waals surface area (Å²) >= 11 is 0. The van der Waals surface area contributed by atoms with Crippen LogP contribution in [-0.2, 0) is 11.3 Å². The molecule has 1 aliphatic rings. The number of amides is 2. The van der Waals surface area contributed by atoms with E-state index in [1.54, 1.807) is 0 Å². The lowest BCUT2D eigenvalue weighted by atomic mass is 9.98. The van der Waals surface area contributed by atoms with E-state index in [-0.39, 0.29) is 42.3 Å². The van der Waals surface area contributed by atoms with Crippen molar-refractivity contribution >= 4 is 23.9 Å². The van der Waals surface area contributed by atoms with Crippen LogP contribution >= 0.6 is 0 Å². The second kappa shape index (κ2) is 9.09. The third-order valence-corrected chi connectivity index (χ3v) is 5.46. The fourth-order valence-corrected chi connectivity index (χ4v) is 3.89. The molecule has 0 saturated carbocycles. The van der Waals surface area contributed by atoms with Gasteiger partial charge in [-0.1, -0.05) is 53.7 Å². The lowest BCUT2D eigenvalue weighted by Gasteiger charge is -2.13. The summed E-state index contributed by atoms with van der Waals surface area (Å²) in [4.78, 5) is 39.3. The quantitative estimate of drug-likeness (QED) is 0.314. The monoisotopic (exact) mass is 474 g/mol. The van der Waals surface area contributed by atoms with Crippen LogP contribution in [0.15, 0.2) is 59.1 Å². The third-order valence-electron chi connectivity index (χ3n) is 5.46. The minimum Gasteiger partial charge on any atom is -0.476 e. The van der Waals surface area contributed by atoms with Crippen molar-refractivity contribution in [3.05, 3.63) is 83.0 Å². The number of aromatic nitrogens is 4. The molecular formula is C23H18N6O6. The summed E-state index contributed by atoms with van der Waals surface area (Å²) in [7, 11) is 0. The van der Waals surface area contributed by atoms with Gasteiger partial charge in [0, 0.05) is 12.0 Å². The number of nitrogens with one attached hydrogen (secondary N) is 3. The van der Waals surface area contributed by atoms with Crippen molar-refractivity contribution in [2.24, 2.45) is 0 Å². The number of carbonyl (C=O) groups excluding carboxylic acids is 2. The standard InChI is InChI=1S/C23H18N6O6/c30-20(24-10-12-9-18(21(31)32)29-35-12)19-25-22(28-27-19)26-23(33)34-11-17-15-7-3-1-5-13(15)14-6-2-4-8-16(14)17/h1-9,17H,10-11H2,(H,24,30)(H,31,32)(H2,25,26,27,28,33). The highest BCUT2D eigenvalue weighted by atomic mass is 16.5. The summed E-state index contributed by atoms with van der Waals surface area (Å²) in [6.07, 6.45) is -0.763. The molecule has 12 heteroatoms. The number of anilines is 1. The molecule has 0 unspecified atom stereocenters. The van der Waals surface area contributed by atoms with Crippen LogP contribution in [0.3, 0.4) is 0 Å². The Bertz CT molecular complexity index is 1380. The number of carbonyl (C=O) groups is 3. The molecule has 2 amide bonds. The summed E-state index contributed by atoms with van der Waals surface area (Å²) in [5.74, 6) is -2.15. The number of carboxylic acid groups (broad SMARTS) is 1. The van der Waals surface area contributed by atoms with Crippen molar-refractivity contribution in [2.45, 2.75) is 12.5 Å². The number of ether oxygens (including phenoxy) is 1. The molecule has 0 radical (unpaired) electrons. The van der Waals surface area contributed by atoms with E-state index >= 15 is 0 Å². The van der Waals surface area contributed by atoms with Gasteiger partial charge in [-0.05, 0) is 22.3 Å². The molecule has 176 valence electrons. The van der Waals surface area contributed by atoms with Crippen LogP contribution in [-0.4, -0.2) is 50.0 Å². The number of H-pyrrole nitrogens is 1. The van der Waals surface area contributed by atoms with E-state index in [2.05, 4.69) is 31.0 Å². The van der Waals surface area contributed by atoms with Crippen LogP contribution in [0.2, 0.25) is 0 Å². The Hall–Kier alpha value is -5.00. The number of benzene rings is 2. The largest absolute Gasteiger partial charge is 0.476 e. The maximum Gasteiger partial charge on any atom is 0.414 e. The van der Waals surface area contributed by atoms with Crippen LogP contribution in [0.25, 0.3) is 11.1 Å². The third kappa shape index (κ3) is 4.44. The van der Waals surface area contributed by atoms with Crippen LogP contribution < -0.4 is 10.6 Å². The van der Waals surface area contributed by atoms with Gasteiger partial charge in [0.25, 0.3) is 11.9 Å². The number of hydrogen-bond acceptors (Lipinski definition) is 8. The minimum atomic E-state index is -1.24. The van der Waals surface area contributed by atoms with Gasteiger partial charge in [0.2, 0.25) is 5.82 Å². The van der Waals surface area contributed by atoms with Crippen molar-refractivity contribution < 1.29 is 28.8 Å². The molecular weight excluding hydrogens is 456 g/mol. The molecule has 2 aromatic heterocycles.